The Bertz CT molecular complexity index is 209. The van der Waals surface area contributed by atoms with Gasteiger partial charge in [-0.25, -0.2) is 0 Å². The Morgan fingerprint density at radius 2 is 1.11 bits per heavy atom. The van der Waals surface area contributed by atoms with Crippen molar-refractivity contribution in [2.75, 3.05) is 59.4 Å². The van der Waals surface area contributed by atoms with Crippen molar-refractivity contribution >= 4 is 0 Å². The van der Waals surface area contributed by atoms with Crippen LogP contribution in [0.4, 0.5) is 0 Å². The molecule has 4 nitrogen and oxygen atoms in total. The van der Waals surface area contributed by atoms with Crippen molar-refractivity contribution in [1.82, 2.24) is 20.9 Å². The van der Waals surface area contributed by atoms with Crippen molar-refractivity contribution in [3.63, 3.8) is 0 Å². The summed E-state index contributed by atoms with van der Waals surface area (Å²) in [5, 5.41) is 9.99. The minimum absolute atomic E-state index is 0.935. The lowest BCUT2D eigenvalue weighted by atomic mass is 10.0. The van der Waals surface area contributed by atoms with Gasteiger partial charge in [0.25, 0.3) is 0 Å². The fourth-order valence-corrected chi connectivity index (χ4v) is 2.97. The van der Waals surface area contributed by atoms with Crippen LogP contribution in [-0.4, -0.2) is 64.3 Å². The molecule has 3 aliphatic rings. The first-order valence-corrected chi connectivity index (χ1v) is 12.5. The van der Waals surface area contributed by atoms with Crippen LogP contribution in [-0.2, 0) is 0 Å². The van der Waals surface area contributed by atoms with E-state index in [9.17, 15) is 0 Å². The summed E-state index contributed by atoms with van der Waals surface area (Å²) in [5.74, 6) is 1.90. The van der Waals surface area contributed by atoms with E-state index >= 15 is 0 Å². The van der Waals surface area contributed by atoms with Crippen molar-refractivity contribution in [3.05, 3.63) is 0 Å². The number of hydrogen-bond acceptors (Lipinski definition) is 4. The quantitative estimate of drug-likeness (QED) is 0.533. The van der Waals surface area contributed by atoms with Crippen LogP contribution in [0.25, 0.3) is 0 Å². The number of hydrogen-bond donors (Lipinski definition) is 3. The molecular formula is C24H58N4. The Morgan fingerprint density at radius 3 is 1.64 bits per heavy atom. The molecule has 0 bridgehead atoms. The minimum Gasteiger partial charge on any atom is -0.317 e. The molecule has 2 unspecified atom stereocenters. The van der Waals surface area contributed by atoms with Gasteiger partial charge in [-0.15, -0.1) is 0 Å². The molecule has 0 aromatic heterocycles. The summed E-state index contributed by atoms with van der Waals surface area (Å²) in [4.78, 5) is 2.36. The van der Waals surface area contributed by atoms with Crippen LogP contribution in [0.2, 0.25) is 0 Å². The van der Waals surface area contributed by atoms with Crippen LogP contribution in [0.3, 0.4) is 0 Å². The first kappa shape index (κ1) is 32.5. The van der Waals surface area contributed by atoms with Crippen molar-refractivity contribution in [1.29, 1.82) is 0 Å². The molecule has 2 atom stereocenters. The Balaban J connectivity index is -0.000000297. The summed E-state index contributed by atoms with van der Waals surface area (Å²) in [7, 11) is 2.17. The summed E-state index contributed by atoms with van der Waals surface area (Å²) in [6, 6.07) is 0. The molecule has 28 heavy (non-hydrogen) atoms. The van der Waals surface area contributed by atoms with Gasteiger partial charge in [0.1, 0.15) is 0 Å². The van der Waals surface area contributed by atoms with E-state index < -0.39 is 0 Å². The van der Waals surface area contributed by atoms with E-state index in [0.717, 1.165) is 18.4 Å². The SMILES string of the molecule is CC.CC.CC.CC1CCCNCC1.CC1CCNC1.CN1CCCNCC1. The predicted molar refractivity (Wildman–Crippen MR) is 132 cm³/mol. The molecule has 0 amide bonds. The number of likely N-dealkylation sites (N-methyl/N-ethyl adjacent to an activating group) is 1. The molecule has 3 saturated heterocycles. The lowest BCUT2D eigenvalue weighted by Crippen LogP contribution is -2.23. The molecule has 174 valence electrons. The highest BCUT2D eigenvalue weighted by molar-refractivity contribution is 4.65. The first-order chi connectivity index (χ1) is 13.7. The van der Waals surface area contributed by atoms with Crippen molar-refractivity contribution < 1.29 is 0 Å². The third kappa shape index (κ3) is 25.8. The first-order valence-electron chi connectivity index (χ1n) is 12.5. The van der Waals surface area contributed by atoms with Gasteiger partial charge >= 0.3 is 0 Å². The van der Waals surface area contributed by atoms with Gasteiger partial charge in [0.2, 0.25) is 0 Å². The summed E-state index contributed by atoms with van der Waals surface area (Å²) in [5.41, 5.74) is 0. The zero-order valence-corrected chi connectivity index (χ0v) is 21.3. The number of nitrogens with one attached hydrogen (secondary N) is 3. The molecule has 0 saturated carbocycles. The maximum absolute atomic E-state index is 3.38. The van der Waals surface area contributed by atoms with Crippen LogP contribution < -0.4 is 16.0 Å². The monoisotopic (exact) mass is 402 g/mol. The standard InChI is InChI=1S/C7H15N.C6H14N2.C5H11N.3C2H6/c1-7-3-2-5-8-6-4-7;1-8-5-2-3-7-4-6-8;1-5-2-3-6-4-5;3*1-2/h7-8H,2-6H2,1H3;7H,2-6H2,1H3;5-6H,2-4H2,1H3;3*1-2H3. The molecule has 0 aromatic rings. The molecule has 4 heteroatoms. The second-order valence-electron chi connectivity index (χ2n) is 7.29. The van der Waals surface area contributed by atoms with E-state index in [2.05, 4.69) is 41.7 Å². The van der Waals surface area contributed by atoms with Gasteiger partial charge in [-0.3, -0.25) is 0 Å². The zero-order valence-electron chi connectivity index (χ0n) is 21.3. The van der Waals surface area contributed by atoms with Crippen LogP contribution in [0.1, 0.15) is 87.5 Å². The average molecular weight is 403 g/mol. The van der Waals surface area contributed by atoms with Gasteiger partial charge in [0, 0.05) is 13.1 Å². The van der Waals surface area contributed by atoms with Gasteiger partial charge in [0.05, 0.1) is 0 Å². The van der Waals surface area contributed by atoms with Crippen LogP contribution in [0.15, 0.2) is 0 Å². The highest BCUT2D eigenvalue weighted by atomic mass is 15.1. The normalized spacial score (nSPS) is 24.3. The van der Waals surface area contributed by atoms with E-state index in [4.69, 9.17) is 0 Å². The smallest absolute Gasteiger partial charge is 0.0104 e. The van der Waals surface area contributed by atoms with Gasteiger partial charge in [-0.05, 0) is 90.3 Å². The summed E-state index contributed by atoms with van der Waals surface area (Å²) >= 11 is 0. The maximum Gasteiger partial charge on any atom is 0.0104 e. The molecular weight excluding hydrogens is 344 g/mol. The largest absolute Gasteiger partial charge is 0.317 e. The highest BCUT2D eigenvalue weighted by Crippen LogP contribution is 2.10. The van der Waals surface area contributed by atoms with E-state index in [1.54, 1.807) is 0 Å². The van der Waals surface area contributed by atoms with Crippen LogP contribution >= 0.6 is 0 Å². The Kier molecular flexibility index (Phi) is 33.7. The molecule has 0 radical (unpaired) electrons. The topological polar surface area (TPSA) is 39.3 Å². The molecule has 0 spiro atoms. The van der Waals surface area contributed by atoms with E-state index in [0.29, 0.717) is 0 Å². The molecule has 3 fully saturated rings. The van der Waals surface area contributed by atoms with E-state index in [1.807, 2.05) is 41.5 Å². The molecule has 0 aliphatic carbocycles. The highest BCUT2D eigenvalue weighted by Gasteiger charge is 2.06. The second-order valence-corrected chi connectivity index (χ2v) is 7.29. The maximum atomic E-state index is 3.38. The average Bonchev–Trinajstić information content (AvgIpc) is 2.95. The van der Waals surface area contributed by atoms with Gasteiger partial charge in [-0.1, -0.05) is 55.4 Å². The Morgan fingerprint density at radius 1 is 0.571 bits per heavy atom. The predicted octanol–water partition coefficient (Wildman–Crippen LogP) is 5.00. The molecule has 3 N–H and O–H groups in total. The fourth-order valence-electron chi connectivity index (χ4n) is 2.97. The molecule has 0 aromatic carbocycles. The Labute approximate surface area is 180 Å². The third-order valence-corrected chi connectivity index (χ3v) is 4.73. The van der Waals surface area contributed by atoms with Gasteiger partial charge < -0.3 is 20.9 Å². The summed E-state index contributed by atoms with van der Waals surface area (Å²) < 4.78 is 0. The molecule has 3 rings (SSSR count). The van der Waals surface area contributed by atoms with Crippen LogP contribution in [0, 0.1) is 11.8 Å². The molecule has 3 aliphatic heterocycles. The Hall–Kier alpha value is -0.160. The van der Waals surface area contributed by atoms with Crippen molar-refractivity contribution in [2.24, 2.45) is 11.8 Å². The molecule has 3 heterocycles. The van der Waals surface area contributed by atoms with Crippen molar-refractivity contribution in [2.45, 2.75) is 87.5 Å². The summed E-state index contributed by atoms with van der Waals surface area (Å²) in [6.45, 7) is 26.4. The van der Waals surface area contributed by atoms with Gasteiger partial charge in [-0.2, -0.15) is 0 Å². The van der Waals surface area contributed by atoms with Gasteiger partial charge in [0.15, 0.2) is 0 Å². The summed E-state index contributed by atoms with van der Waals surface area (Å²) in [6.07, 6.45) is 6.85. The zero-order chi connectivity index (χ0) is 22.0. The lowest BCUT2D eigenvalue weighted by molar-refractivity contribution is 0.358. The van der Waals surface area contributed by atoms with E-state index in [1.165, 1.54) is 77.9 Å². The number of rotatable bonds is 0. The van der Waals surface area contributed by atoms with E-state index in [-0.39, 0.29) is 0 Å². The van der Waals surface area contributed by atoms with Crippen LogP contribution in [0.5, 0.6) is 0 Å². The lowest BCUT2D eigenvalue weighted by Gasteiger charge is -2.09. The third-order valence-electron chi connectivity index (χ3n) is 4.73. The van der Waals surface area contributed by atoms with Crippen molar-refractivity contribution in [3.8, 4) is 0 Å². The second kappa shape index (κ2) is 29.0. The fraction of sp³-hybridized carbons (Fsp3) is 1.00. The minimum atomic E-state index is 0.935. The number of nitrogens with zero attached hydrogens (tertiary/aromatic N) is 1.